The van der Waals surface area contributed by atoms with Gasteiger partial charge < -0.3 is 4.90 Å². The summed E-state index contributed by atoms with van der Waals surface area (Å²) >= 11 is 0. The van der Waals surface area contributed by atoms with E-state index in [1.807, 2.05) is 12.3 Å². The molecule has 0 amide bonds. The number of aryl methyl sites for hydroxylation is 1. The van der Waals surface area contributed by atoms with E-state index in [9.17, 15) is 0 Å². The zero-order valence-electron chi connectivity index (χ0n) is 34.8. The lowest BCUT2D eigenvalue weighted by Crippen LogP contribution is -2.28. The molecule has 2 heterocycles. The van der Waals surface area contributed by atoms with Gasteiger partial charge in [0.2, 0.25) is 0 Å². The molecule has 296 valence electrons. The topological polar surface area (TPSA) is 29.0 Å². The molecule has 11 aromatic rings. The predicted molar refractivity (Wildman–Crippen MR) is 262 cm³/mol. The Kier molecular flexibility index (Phi) is 8.62. The van der Waals surface area contributed by atoms with Crippen LogP contribution in [0.4, 0.5) is 17.1 Å². The van der Waals surface area contributed by atoms with Crippen LogP contribution in [0, 0.1) is 6.92 Å². The molecule has 0 bridgehead atoms. The molecule has 1 aliphatic carbocycles. The van der Waals surface area contributed by atoms with E-state index in [4.69, 9.17) is 4.98 Å². The van der Waals surface area contributed by atoms with Crippen LogP contribution in [-0.2, 0) is 5.41 Å². The molecule has 0 radical (unpaired) electrons. The quantitative estimate of drug-likeness (QED) is 0.150. The fourth-order valence-corrected chi connectivity index (χ4v) is 10.1. The Hall–Kier alpha value is -8.14. The fraction of sp³-hybridized carbons (Fsp3) is 0.0333. The summed E-state index contributed by atoms with van der Waals surface area (Å²) in [5.41, 5.74) is 17.8. The number of aromatic nitrogens is 2. The van der Waals surface area contributed by atoms with E-state index < -0.39 is 5.41 Å². The Morgan fingerprint density at radius 3 is 1.78 bits per heavy atom. The van der Waals surface area contributed by atoms with E-state index >= 15 is 0 Å². The zero-order valence-corrected chi connectivity index (χ0v) is 34.8. The van der Waals surface area contributed by atoms with Gasteiger partial charge in [0, 0.05) is 39.3 Å². The van der Waals surface area contributed by atoms with Crippen molar-refractivity contribution in [2.45, 2.75) is 12.3 Å². The lowest BCUT2D eigenvalue weighted by atomic mass is 9.67. The van der Waals surface area contributed by atoms with Crippen molar-refractivity contribution < 1.29 is 0 Å². The van der Waals surface area contributed by atoms with E-state index in [1.54, 1.807) is 0 Å². The van der Waals surface area contributed by atoms with Gasteiger partial charge in [0.05, 0.1) is 27.8 Å². The third kappa shape index (κ3) is 5.96. The predicted octanol–water partition coefficient (Wildman–Crippen LogP) is 15.4. The van der Waals surface area contributed by atoms with Crippen molar-refractivity contribution >= 4 is 49.6 Å². The second-order valence-electron chi connectivity index (χ2n) is 16.6. The third-order valence-corrected chi connectivity index (χ3v) is 13.1. The van der Waals surface area contributed by atoms with Crippen LogP contribution in [0.25, 0.3) is 66.1 Å². The lowest BCUT2D eigenvalue weighted by molar-refractivity contribution is 0.769. The number of benzene rings is 9. The van der Waals surface area contributed by atoms with Crippen molar-refractivity contribution in [3.05, 3.63) is 258 Å². The molecular formula is C60H41N3. The molecule has 0 N–H and O–H groups in total. The van der Waals surface area contributed by atoms with Crippen LogP contribution in [0.15, 0.2) is 231 Å². The zero-order chi connectivity index (χ0) is 41.9. The maximum Gasteiger partial charge on any atom is 0.0972 e. The summed E-state index contributed by atoms with van der Waals surface area (Å²) in [6.45, 7) is 2.14. The van der Waals surface area contributed by atoms with Crippen LogP contribution in [0.3, 0.4) is 0 Å². The molecule has 3 nitrogen and oxygen atoms in total. The van der Waals surface area contributed by atoms with Crippen LogP contribution >= 0.6 is 0 Å². The maximum atomic E-state index is 5.13. The van der Waals surface area contributed by atoms with Gasteiger partial charge in [-0.25, -0.2) is 4.98 Å². The van der Waals surface area contributed by atoms with Gasteiger partial charge in [-0.15, -0.1) is 0 Å². The van der Waals surface area contributed by atoms with E-state index in [-0.39, 0.29) is 0 Å². The van der Waals surface area contributed by atoms with Gasteiger partial charge >= 0.3 is 0 Å². The molecule has 2 aromatic heterocycles. The fourth-order valence-electron chi connectivity index (χ4n) is 10.1. The van der Waals surface area contributed by atoms with Crippen molar-refractivity contribution in [1.82, 2.24) is 9.97 Å². The molecule has 12 rings (SSSR count). The second-order valence-corrected chi connectivity index (χ2v) is 16.6. The molecule has 0 atom stereocenters. The summed E-state index contributed by atoms with van der Waals surface area (Å²) in [6.07, 6.45) is 1.84. The van der Waals surface area contributed by atoms with Crippen molar-refractivity contribution in [3.63, 3.8) is 0 Å². The Balaban J connectivity index is 0.985. The van der Waals surface area contributed by atoms with Crippen molar-refractivity contribution in [3.8, 4) is 33.5 Å². The van der Waals surface area contributed by atoms with Gasteiger partial charge in [0.1, 0.15) is 0 Å². The first-order valence-corrected chi connectivity index (χ1v) is 21.6. The molecule has 0 unspecified atom stereocenters. The summed E-state index contributed by atoms with van der Waals surface area (Å²) < 4.78 is 0. The minimum absolute atomic E-state index is 0.554. The van der Waals surface area contributed by atoms with Crippen molar-refractivity contribution in [2.24, 2.45) is 0 Å². The Labute approximate surface area is 367 Å². The van der Waals surface area contributed by atoms with Gasteiger partial charge in [-0.2, -0.15) is 0 Å². The molecular weight excluding hydrogens is 763 g/mol. The van der Waals surface area contributed by atoms with Gasteiger partial charge in [0.15, 0.2) is 0 Å². The number of rotatable bonds is 7. The van der Waals surface area contributed by atoms with Crippen LogP contribution in [0.1, 0.15) is 27.8 Å². The number of hydrogen-bond donors (Lipinski definition) is 0. The molecule has 0 aliphatic heterocycles. The molecule has 0 spiro atoms. The van der Waals surface area contributed by atoms with Crippen LogP contribution in [0.5, 0.6) is 0 Å². The SMILES string of the molecule is Cc1ccc(N(c2ccc(C3(c4cccc(-c5ccc(-c6ccc7ccc8cccnc8c7n6)cc5)c4)c4ccccc4-c4ccccc43)cc2)c2cccc3ccccc23)cc1. The summed E-state index contributed by atoms with van der Waals surface area (Å²) in [5, 5.41) is 4.61. The molecule has 0 saturated heterocycles. The van der Waals surface area contributed by atoms with E-state index in [0.29, 0.717) is 0 Å². The summed E-state index contributed by atoms with van der Waals surface area (Å²) in [4.78, 5) is 12.2. The van der Waals surface area contributed by atoms with Gasteiger partial charge in [-0.05, 0) is 105 Å². The number of nitrogens with zero attached hydrogens (tertiary/aromatic N) is 3. The molecule has 0 saturated carbocycles. The lowest BCUT2D eigenvalue weighted by Gasteiger charge is -2.35. The Morgan fingerprint density at radius 2 is 1.02 bits per heavy atom. The normalized spacial score (nSPS) is 12.7. The number of fused-ring (bicyclic) bond motifs is 7. The summed E-state index contributed by atoms with van der Waals surface area (Å²) in [6, 6.07) is 82.0. The van der Waals surface area contributed by atoms with Gasteiger partial charge in [-0.3, -0.25) is 4.98 Å². The van der Waals surface area contributed by atoms with Crippen molar-refractivity contribution in [1.29, 1.82) is 0 Å². The molecule has 0 fully saturated rings. The molecule has 1 aliphatic rings. The van der Waals surface area contributed by atoms with Crippen molar-refractivity contribution in [2.75, 3.05) is 4.90 Å². The average Bonchev–Trinajstić information content (AvgIpc) is 3.66. The monoisotopic (exact) mass is 803 g/mol. The minimum atomic E-state index is -0.554. The molecule has 63 heavy (non-hydrogen) atoms. The highest BCUT2D eigenvalue weighted by molar-refractivity contribution is 6.03. The first kappa shape index (κ1) is 36.7. The molecule has 9 aromatic carbocycles. The third-order valence-electron chi connectivity index (χ3n) is 13.1. The van der Waals surface area contributed by atoms with Crippen LogP contribution in [-0.4, -0.2) is 9.97 Å². The molecule has 3 heteroatoms. The highest BCUT2D eigenvalue weighted by Crippen LogP contribution is 2.56. The summed E-state index contributed by atoms with van der Waals surface area (Å²) in [5.74, 6) is 0. The smallest absolute Gasteiger partial charge is 0.0972 e. The van der Waals surface area contributed by atoms with Gasteiger partial charge in [-0.1, -0.05) is 181 Å². The highest BCUT2D eigenvalue weighted by Gasteiger charge is 2.46. The number of hydrogen-bond acceptors (Lipinski definition) is 3. The Bertz CT molecular complexity index is 3460. The standard InChI is InChI=1S/C60H41N3/c1-40-22-33-49(34-23-40)63(57-21-9-12-42-11-2-3-16-51(42)57)50-35-31-47(32-36-50)60(54-19-6-4-17-52(54)53-18-5-7-20-55(53)60)48-15-8-13-46(39-48)41-24-26-43(27-25-41)56-37-30-45-29-28-44-14-10-38-61-58(44)59(45)62-56/h2-39H,1H3. The Morgan fingerprint density at radius 1 is 0.413 bits per heavy atom. The minimum Gasteiger partial charge on any atom is -0.310 e. The highest BCUT2D eigenvalue weighted by atomic mass is 15.1. The number of pyridine rings is 2. The first-order valence-electron chi connectivity index (χ1n) is 21.6. The average molecular weight is 804 g/mol. The second kappa shape index (κ2) is 14.8. The van der Waals surface area contributed by atoms with Crippen LogP contribution in [0.2, 0.25) is 0 Å². The first-order chi connectivity index (χ1) is 31.1. The largest absolute Gasteiger partial charge is 0.310 e. The van der Waals surface area contributed by atoms with Crippen LogP contribution < -0.4 is 4.90 Å². The summed E-state index contributed by atoms with van der Waals surface area (Å²) in [7, 11) is 0. The van der Waals surface area contributed by atoms with E-state index in [0.717, 1.165) is 55.7 Å². The maximum absolute atomic E-state index is 5.13. The van der Waals surface area contributed by atoms with E-state index in [1.165, 1.54) is 55.3 Å². The van der Waals surface area contributed by atoms with Gasteiger partial charge in [0.25, 0.3) is 0 Å². The van der Waals surface area contributed by atoms with E-state index in [2.05, 4.69) is 235 Å². The number of anilines is 3.